The molecular weight excluding hydrogens is 238 g/mol. The van der Waals surface area contributed by atoms with Crippen LogP contribution in [0.4, 0.5) is 4.39 Å². The molecule has 0 spiro atoms. The Morgan fingerprint density at radius 2 is 2.07 bits per heavy atom. The first-order chi connectivity index (χ1) is 7.09. The van der Waals surface area contributed by atoms with Crippen LogP contribution in [0.5, 0.6) is 0 Å². The zero-order valence-electron chi connectivity index (χ0n) is 8.43. The average Bonchev–Trinajstić information content (AvgIpc) is 2.26. The van der Waals surface area contributed by atoms with Gasteiger partial charge in [0.2, 0.25) is 0 Å². The molecule has 5 heteroatoms. The van der Waals surface area contributed by atoms with Crippen LogP contribution in [0.1, 0.15) is 12.5 Å². The van der Waals surface area contributed by atoms with E-state index in [0.717, 1.165) is 5.56 Å². The molecule has 0 amide bonds. The van der Waals surface area contributed by atoms with Crippen LogP contribution in [-0.2, 0) is 6.54 Å². The smallest absolute Gasteiger partial charge is 0.141 e. The van der Waals surface area contributed by atoms with Gasteiger partial charge in [-0.3, -0.25) is 4.98 Å². The molecule has 0 atom stereocenters. The molecule has 0 bridgehead atoms. The number of halogens is 3. The summed E-state index contributed by atoms with van der Waals surface area (Å²) in [6.07, 6.45) is 2.78. The van der Waals surface area contributed by atoms with Gasteiger partial charge in [-0.1, -0.05) is 0 Å². The summed E-state index contributed by atoms with van der Waals surface area (Å²) in [6.45, 7) is 2.42. The van der Waals surface area contributed by atoms with Gasteiger partial charge in [0.15, 0.2) is 0 Å². The number of hydrogen-bond acceptors (Lipinski definition) is 2. The number of nitrogens with one attached hydrogen (secondary N) is 1. The lowest BCUT2D eigenvalue weighted by molar-refractivity contribution is 0.433. The average molecular weight is 251 g/mol. The number of pyridine rings is 1. The van der Waals surface area contributed by atoms with E-state index in [1.807, 2.05) is 6.92 Å². The van der Waals surface area contributed by atoms with Gasteiger partial charge in [-0.05, 0) is 18.6 Å². The highest BCUT2D eigenvalue weighted by Gasteiger charge is 2.20. The molecule has 1 heterocycles. The second kappa shape index (κ2) is 5.64. The van der Waals surface area contributed by atoms with Crippen molar-refractivity contribution in [2.24, 2.45) is 0 Å². The normalized spacial score (nSPS) is 11.7. The minimum atomic E-state index is -0.340. The molecule has 2 nitrogen and oxygen atoms in total. The first-order valence-electron chi connectivity index (χ1n) is 4.56. The molecule has 0 aromatic carbocycles. The van der Waals surface area contributed by atoms with Crippen molar-refractivity contribution in [3.05, 3.63) is 29.8 Å². The highest BCUT2D eigenvalue weighted by molar-refractivity contribution is 6.22. The molecule has 0 aliphatic rings. The van der Waals surface area contributed by atoms with Gasteiger partial charge in [0.1, 0.15) is 5.82 Å². The summed E-state index contributed by atoms with van der Waals surface area (Å²) in [4.78, 5) is 3.76. The van der Waals surface area contributed by atoms with E-state index >= 15 is 0 Å². The van der Waals surface area contributed by atoms with Crippen LogP contribution in [0, 0.1) is 5.82 Å². The third kappa shape index (κ3) is 3.93. The van der Waals surface area contributed by atoms with Crippen molar-refractivity contribution in [2.45, 2.75) is 19.0 Å². The van der Waals surface area contributed by atoms with Crippen molar-refractivity contribution in [3.8, 4) is 0 Å². The van der Waals surface area contributed by atoms with Crippen LogP contribution < -0.4 is 5.32 Å². The number of rotatable bonds is 5. The molecule has 0 unspecified atom stereocenters. The van der Waals surface area contributed by atoms with Crippen molar-refractivity contribution >= 4 is 23.2 Å². The van der Waals surface area contributed by atoms with Crippen LogP contribution in [0.2, 0.25) is 0 Å². The van der Waals surface area contributed by atoms with Crippen molar-refractivity contribution in [1.29, 1.82) is 0 Å². The van der Waals surface area contributed by atoms with Crippen molar-refractivity contribution in [2.75, 3.05) is 11.8 Å². The third-order valence-electron chi connectivity index (χ3n) is 2.07. The number of aromatic nitrogens is 1. The van der Waals surface area contributed by atoms with Gasteiger partial charge in [-0.25, -0.2) is 4.39 Å². The van der Waals surface area contributed by atoms with Gasteiger partial charge in [-0.15, -0.1) is 23.2 Å². The maximum absolute atomic E-state index is 12.8. The summed E-state index contributed by atoms with van der Waals surface area (Å²) in [7, 11) is 0. The van der Waals surface area contributed by atoms with Gasteiger partial charge in [0.05, 0.1) is 6.20 Å². The highest BCUT2D eigenvalue weighted by atomic mass is 35.5. The first kappa shape index (κ1) is 12.7. The summed E-state index contributed by atoms with van der Waals surface area (Å²) < 4.78 is 12.8. The lowest BCUT2D eigenvalue weighted by Gasteiger charge is -2.25. The minimum Gasteiger partial charge on any atom is -0.305 e. The molecule has 1 N–H and O–H groups in total. The zero-order chi connectivity index (χ0) is 11.3. The summed E-state index contributed by atoms with van der Waals surface area (Å²) >= 11 is 11.5. The molecule has 0 fully saturated rings. The van der Waals surface area contributed by atoms with E-state index in [-0.39, 0.29) is 11.4 Å². The molecule has 1 aromatic heterocycles. The van der Waals surface area contributed by atoms with E-state index in [1.54, 1.807) is 6.20 Å². The lowest BCUT2D eigenvalue weighted by atomic mass is 10.1. The molecule has 0 saturated carbocycles. The second-order valence-electron chi connectivity index (χ2n) is 3.69. The Hall–Kier alpha value is -0.380. The Morgan fingerprint density at radius 1 is 1.40 bits per heavy atom. The van der Waals surface area contributed by atoms with Crippen LogP contribution >= 0.6 is 23.2 Å². The first-order valence-corrected chi connectivity index (χ1v) is 5.63. The van der Waals surface area contributed by atoms with Gasteiger partial charge >= 0.3 is 0 Å². The Kier molecular flexibility index (Phi) is 4.77. The summed E-state index contributed by atoms with van der Waals surface area (Å²) in [5, 5.41) is 3.17. The van der Waals surface area contributed by atoms with Crippen LogP contribution in [0.25, 0.3) is 0 Å². The molecule has 0 saturated heterocycles. The van der Waals surface area contributed by atoms with Crippen LogP contribution in [0.3, 0.4) is 0 Å². The largest absolute Gasteiger partial charge is 0.305 e. The number of hydrogen-bond donors (Lipinski definition) is 1. The topological polar surface area (TPSA) is 24.9 Å². The van der Waals surface area contributed by atoms with Gasteiger partial charge in [0.25, 0.3) is 0 Å². The van der Waals surface area contributed by atoms with Crippen molar-refractivity contribution in [3.63, 3.8) is 0 Å². The van der Waals surface area contributed by atoms with Crippen molar-refractivity contribution < 1.29 is 4.39 Å². The fourth-order valence-corrected chi connectivity index (χ4v) is 1.47. The van der Waals surface area contributed by atoms with E-state index in [9.17, 15) is 4.39 Å². The number of alkyl halides is 2. The monoisotopic (exact) mass is 250 g/mol. The molecule has 15 heavy (non-hydrogen) atoms. The van der Waals surface area contributed by atoms with Gasteiger partial charge < -0.3 is 5.32 Å². The third-order valence-corrected chi connectivity index (χ3v) is 3.25. The van der Waals surface area contributed by atoms with E-state index in [4.69, 9.17) is 23.2 Å². The Labute approximate surface area is 98.8 Å². The molecule has 0 aliphatic carbocycles. The van der Waals surface area contributed by atoms with Crippen molar-refractivity contribution in [1.82, 2.24) is 10.3 Å². The van der Waals surface area contributed by atoms with E-state index in [2.05, 4.69) is 10.3 Å². The van der Waals surface area contributed by atoms with E-state index in [0.29, 0.717) is 18.3 Å². The SMILES string of the molecule is CC(CCl)(CCl)NCc1cncc(F)c1. The van der Waals surface area contributed by atoms with E-state index < -0.39 is 0 Å². The van der Waals surface area contributed by atoms with E-state index in [1.165, 1.54) is 12.3 Å². The molecule has 1 aromatic rings. The number of nitrogens with zero attached hydrogens (tertiary/aromatic N) is 1. The second-order valence-corrected chi connectivity index (χ2v) is 4.23. The molecule has 0 radical (unpaired) electrons. The highest BCUT2D eigenvalue weighted by Crippen LogP contribution is 2.10. The maximum Gasteiger partial charge on any atom is 0.141 e. The fraction of sp³-hybridized carbons (Fsp3) is 0.500. The minimum absolute atomic E-state index is 0.338. The molecular formula is C10H13Cl2FN2. The Bertz CT molecular complexity index is 316. The Morgan fingerprint density at radius 3 is 2.60 bits per heavy atom. The summed E-state index contributed by atoms with van der Waals surface area (Å²) in [5.74, 6) is 0.464. The quantitative estimate of drug-likeness (QED) is 0.813. The van der Waals surface area contributed by atoms with Gasteiger partial charge in [0, 0.05) is 30.0 Å². The fourth-order valence-electron chi connectivity index (χ4n) is 0.998. The summed E-state index contributed by atoms with van der Waals surface area (Å²) in [6, 6.07) is 1.43. The Balaban J connectivity index is 2.56. The molecule has 84 valence electrons. The maximum atomic E-state index is 12.8. The van der Waals surface area contributed by atoms with Crippen LogP contribution in [-0.4, -0.2) is 22.3 Å². The lowest BCUT2D eigenvalue weighted by Crippen LogP contribution is -2.45. The standard InChI is InChI=1S/C10H13Cl2FN2/c1-10(6-11,7-12)15-4-8-2-9(13)5-14-3-8/h2-3,5,15H,4,6-7H2,1H3. The summed E-state index contributed by atoms with van der Waals surface area (Å²) in [5.41, 5.74) is 0.437. The predicted molar refractivity (Wildman–Crippen MR) is 60.9 cm³/mol. The predicted octanol–water partition coefficient (Wildman–Crippen LogP) is 2.55. The van der Waals surface area contributed by atoms with Crippen LogP contribution in [0.15, 0.2) is 18.5 Å². The van der Waals surface area contributed by atoms with Gasteiger partial charge in [-0.2, -0.15) is 0 Å². The zero-order valence-corrected chi connectivity index (χ0v) is 9.95. The molecule has 0 aliphatic heterocycles. The molecule has 1 rings (SSSR count).